The van der Waals surface area contributed by atoms with Gasteiger partial charge in [0.05, 0.1) is 10.9 Å². The van der Waals surface area contributed by atoms with Gasteiger partial charge in [-0.1, -0.05) is 24.3 Å². The lowest BCUT2D eigenvalue weighted by atomic mass is 10.1. The molecule has 1 aliphatic rings. The van der Waals surface area contributed by atoms with Gasteiger partial charge < -0.3 is 14.8 Å². The summed E-state index contributed by atoms with van der Waals surface area (Å²) in [4.78, 5) is 12.9. The van der Waals surface area contributed by atoms with E-state index < -0.39 is 22.2 Å². The molecule has 3 atom stereocenters. The van der Waals surface area contributed by atoms with Gasteiger partial charge in [0.15, 0.2) is 11.5 Å². The fourth-order valence-electron chi connectivity index (χ4n) is 2.92. The largest absolute Gasteiger partial charge is 0.482 e. The summed E-state index contributed by atoms with van der Waals surface area (Å²) in [6.45, 7) is 3.61. The molecule has 0 aromatic heterocycles. The van der Waals surface area contributed by atoms with Crippen molar-refractivity contribution in [2.45, 2.75) is 37.0 Å². The van der Waals surface area contributed by atoms with E-state index in [0.29, 0.717) is 11.5 Å². The third kappa shape index (κ3) is 3.98. The number of carbonyl (C=O) groups excluding carboxylic acids is 1. The van der Waals surface area contributed by atoms with Crippen molar-refractivity contribution >= 4 is 15.9 Å². The maximum absolute atomic E-state index is 12.7. The Morgan fingerprint density at radius 3 is 2.18 bits per heavy atom. The standard InChI is InChI=1S/C20H24N2O5S/c1-13(15-9-11-16(12-10-15)28(24,25)22(3)4)21-20(23)19-14(2)26-17-7-5-6-8-18(17)27-19/h5-14,19H,1-4H3,(H,21,23)/t13-,14+,19+/m0/s1. The first-order chi connectivity index (χ1) is 13.2. The lowest BCUT2D eigenvalue weighted by Crippen LogP contribution is -2.49. The van der Waals surface area contributed by atoms with E-state index >= 15 is 0 Å². The van der Waals surface area contributed by atoms with Crippen LogP contribution in [0.15, 0.2) is 53.4 Å². The molecule has 0 saturated heterocycles. The second kappa shape index (κ2) is 7.81. The van der Waals surface area contributed by atoms with Crippen molar-refractivity contribution in [3.63, 3.8) is 0 Å². The minimum absolute atomic E-state index is 0.203. The summed E-state index contributed by atoms with van der Waals surface area (Å²) in [6, 6.07) is 13.4. The van der Waals surface area contributed by atoms with Crippen molar-refractivity contribution in [1.29, 1.82) is 0 Å². The van der Waals surface area contributed by atoms with Crippen LogP contribution >= 0.6 is 0 Å². The molecule has 3 rings (SSSR count). The van der Waals surface area contributed by atoms with Crippen LogP contribution in [-0.2, 0) is 14.8 Å². The summed E-state index contributed by atoms with van der Waals surface area (Å²) in [7, 11) is -0.518. The number of benzene rings is 2. The van der Waals surface area contributed by atoms with Crippen LogP contribution in [0.3, 0.4) is 0 Å². The van der Waals surface area contributed by atoms with E-state index in [1.54, 1.807) is 31.2 Å². The molecule has 0 spiro atoms. The zero-order valence-corrected chi connectivity index (χ0v) is 17.1. The summed E-state index contributed by atoms with van der Waals surface area (Å²) in [5, 5.41) is 2.90. The van der Waals surface area contributed by atoms with Gasteiger partial charge >= 0.3 is 0 Å². The Hall–Kier alpha value is -2.58. The smallest absolute Gasteiger partial charge is 0.265 e. The number of carbonyl (C=O) groups is 1. The van der Waals surface area contributed by atoms with E-state index in [-0.39, 0.29) is 16.8 Å². The zero-order chi connectivity index (χ0) is 20.5. The van der Waals surface area contributed by atoms with E-state index in [0.717, 1.165) is 9.87 Å². The van der Waals surface area contributed by atoms with E-state index in [9.17, 15) is 13.2 Å². The second-order valence-corrected chi connectivity index (χ2v) is 9.05. The van der Waals surface area contributed by atoms with Gasteiger partial charge in [0.2, 0.25) is 16.1 Å². The van der Waals surface area contributed by atoms with Gasteiger partial charge in [0.1, 0.15) is 6.10 Å². The van der Waals surface area contributed by atoms with Gasteiger partial charge in [-0.25, -0.2) is 12.7 Å². The fourth-order valence-corrected chi connectivity index (χ4v) is 3.83. The maximum Gasteiger partial charge on any atom is 0.265 e. The number of fused-ring (bicyclic) bond motifs is 1. The summed E-state index contributed by atoms with van der Waals surface area (Å²) >= 11 is 0. The van der Waals surface area contributed by atoms with Crippen LogP contribution < -0.4 is 14.8 Å². The lowest BCUT2D eigenvalue weighted by molar-refractivity contribution is -0.134. The Labute approximate surface area is 165 Å². The van der Waals surface area contributed by atoms with Gasteiger partial charge in [0.25, 0.3) is 5.91 Å². The number of nitrogens with zero attached hydrogens (tertiary/aromatic N) is 1. The summed E-state index contributed by atoms with van der Waals surface area (Å²) < 4.78 is 37.1. The van der Waals surface area contributed by atoms with Crippen LogP contribution in [0.1, 0.15) is 25.5 Å². The van der Waals surface area contributed by atoms with Crippen LogP contribution in [0.5, 0.6) is 11.5 Å². The SMILES string of the molecule is C[C@H](NC(=O)[C@@H]1Oc2ccccc2O[C@@H]1C)c1ccc(S(=O)(=O)N(C)C)cc1. The molecule has 0 aliphatic carbocycles. The average molecular weight is 404 g/mol. The first kappa shape index (κ1) is 20.2. The summed E-state index contributed by atoms with van der Waals surface area (Å²) in [5.74, 6) is 0.857. The van der Waals surface area contributed by atoms with E-state index in [1.165, 1.54) is 26.2 Å². The van der Waals surface area contributed by atoms with Gasteiger partial charge in [-0.3, -0.25) is 4.79 Å². The average Bonchev–Trinajstić information content (AvgIpc) is 2.67. The Morgan fingerprint density at radius 1 is 1.04 bits per heavy atom. The predicted molar refractivity (Wildman–Crippen MR) is 105 cm³/mol. The number of nitrogens with one attached hydrogen (secondary N) is 1. The van der Waals surface area contributed by atoms with Gasteiger partial charge in [0, 0.05) is 14.1 Å². The van der Waals surface area contributed by atoms with Gasteiger partial charge in [-0.2, -0.15) is 0 Å². The lowest BCUT2D eigenvalue weighted by Gasteiger charge is -2.31. The predicted octanol–water partition coefficient (Wildman–Crippen LogP) is 2.34. The maximum atomic E-state index is 12.7. The number of ether oxygens (including phenoxy) is 2. The Kier molecular flexibility index (Phi) is 5.62. The highest BCUT2D eigenvalue weighted by Gasteiger charge is 2.34. The quantitative estimate of drug-likeness (QED) is 0.827. The molecule has 2 aromatic rings. The zero-order valence-electron chi connectivity index (χ0n) is 16.2. The molecule has 0 unspecified atom stereocenters. The summed E-state index contributed by atoms with van der Waals surface area (Å²) in [6.07, 6.45) is -1.21. The molecule has 28 heavy (non-hydrogen) atoms. The highest BCUT2D eigenvalue weighted by atomic mass is 32.2. The molecule has 1 aliphatic heterocycles. The topological polar surface area (TPSA) is 84.9 Å². The molecule has 0 bridgehead atoms. The number of amides is 1. The van der Waals surface area contributed by atoms with Crippen LogP contribution in [0.25, 0.3) is 0 Å². The second-order valence-electron chi connectivity index (χ2n) is 6.89. The molecule has 150 valence electrons. The first-order valence-corrected chi connectivity index (χ1v) is 10.4. The summed E-state index contributed by atoms with van der Waals surface area (Å²) in [5.41, 5.74) is 0.788. The third-order valence-electron chi connectivity index (χ3n) is 4.62. The number of hydrogen-bond acceptors (Lipinski definition) is 5. The first-order valence-electron chi connectivity index (χ1n) is 8.95. The molecular weight excluding hydrogens is 380 g/mol. The van der Waals surface area contributed by atoms with Gasteiger partial charge in [-0.15, -0.1) is 0 Å². The molecule has 2 aromatic carbocycles. The number of rotatable bonds is 5. The highest BCUT2D eigenvalue weighted by molar-refractivity contribution is 7.89. The fraction of sp³-hybridized carbons (Fsp3) is 0.350. The molecule has 1 heterocycles. The van der Waals surface area contributed by atoms with E-state index in [1.807, 2.05) is 19.1 Å². The van der Waals surface area contributed by atoms with Crippen molar-refractivity contribution in [3.05, 3.63) is 54.1 Å². The third-order valence-corrected chi connectivity index (χ3v) is 6.45. The van der Waals surface area contributed by atoms with Crippen LogP contribution in [0, 0.1) is 0 Å². The molecule has 0 fully saturated rings. The number of hydrogen-bond donors (Lipinski definition) is 1. The van der Waals surface area contributed by atoms with Crippen molar-refractivity contribution in [2.75, 3.05) is 14.1 Å². The van der Waals surface area contributed by atoms with Crippen molar-refractivity contribution < 1.29 is 22.7 Å². The number of para-hydroxylation sites is 2. The van der Waals surface area contributed by atoms with Crippen molar-refractivity contribution in [1.82, 2.24) is 9.62 Å². The molecule has 0 radical (unpaired) electrons. The molecule has 0 saturated carbocycles. The monoisotopic (exact) mass is 404 g/mol. The number of sulfonamides is 1. The van der Waals surface area contributed by atoms with Crippen molar-refractivity contribution in [3.8, 4) is 11.5 Å². The highest BCUT2D eigenvalue weighted by Crippen LogP contribution is 2.33. The molecule has 1 amide bonds. The normalized spacial score (nSPS) is 19.9. The molecule has 1 N–H and O–H groups in total. The van der Waals surface area contributed by atoms with Crippen LogP contribution in [0.4, 0.5) is 0 Å². The minimum atomic E-state index is -3.49. The van der Waals surface area contributed by atoms with Crippen LogP contribution in [0.2, 0.25) is 0 Å². The van der Waals surface area contributed by atoms with Gasteiger partial charge in [-0.05, 0) is 43.7 Å². The molecule has 8 heteroatoms. The van der Waals surface area contributed by atoms with Crippen molar-refractivity contribution in [2.24, 2.45) is 0 Å². The van der Waals surface area contributed by atoms with E-state index in [4.69, 9.17) is 9.47 Å². The molecule has 7 nitrogen and oxygen atoms in total. The Bertz CT molecular complexity index is 957. The van der Waals surface area contributed by atoms with Crippen LogP contribution in [-0.4, -0.2) is 44.9 Å². The minimum Gasteiger partial charge on any atom is -0.482 e. The molecular formula is C20H24N2O5S. The Balaban J connectivity index is 1.69. The Morgan fingerprint density at radius 2 is 1.61 bits per heavy atom. The van der Waals surface area contributed by atoms with E-state index in [2.05, 4.69) is 5.32 Å².